The third kappa shape index (κ3) is 5.47. The third-order valence-electron chi connectivity index (χ3n) is 5.92. The van der Waals surface area contributed by atoms with Crippen molar-refractivity contribution in [1.29, 1.82) is 0 Å². The molecular weight excluding hydrogens is 436 g/mol. The van der Waals surface area contributed by atoms with Crippen LogP contribution < -0.4 is 14.4 Å². The van der Waals surface area contributed by atoms with Gasteiger partial charge in [0.25, 0.3) is 5.91 Å². The second-order valence-electron chi connectivity index (χ2n) is 8.39. The fourth-order valence-corrected chi connectivity index (χ4v) is 5.07. The Morgan fingerprint density at radius 2 is 2.03 bits per heavy atom. The predicted octanol–water partition coefficient (Wildman–Crippen LogP) is 6.01. The van der Waals surface area contributed by atoms with Crippen LogP contribution in [0.1, 0.15) is 54.9 Å². The van der Waals surface area contributed by atoms with Gasteiger partial charge >= 0.3 is 0 Å². The summed E-state index contributed by atoms with van der Waals surface area (Å²) in [4.78, 5) is 20.2. The quantitative estimate of drug-likeness (QED) is 0.341. The predicted molar refractivity (Wildman–Crippen MR) is 133 cm³/mol. The van der Waals surface area contributed by atoms with Crippen LogP contribution in [-0.2, 0) is 4.74 Å². The van der Waals surface area contributed by atoms with Crippen LogP contribution in [0.5, 0.6) is 11.5 Å². The minimum Gasteiger partial charge on any atom is -0.494 e. The van der Waals surface area contributed by atoms with Crippen LogP contribution in [0.4, 0.5) is 5.13 Å². The molecule has 0 bridgehead atoms. The lowest BCUT2D eigenvalue weighted by molar-refractivity contribution is 0.0917. The van der Waals surface area contributed by atoms with Crippen LogP contribution in [0.25, 0.3) is 10.2 Å². The molecule has 0 spiro atoms. The number of thiazole rings is 1. The first-order valence-electron chi connectivity index (χ1n) is 11.7. The van der Waals surface area contributed by atoms with Crippen LogP contribution in [0.15, 0.2) is 36.4 Å². The summed E-state index contributed by atoms with van der Waals surface area (Å²) in [6, 6.07) is 11.4. The summed E-state index contributed by atoms with van der Waals surface area (Å²) in [5.41, 5.74) is 2.51. The Kier molecular flexibility index (Phi) is 7.83. The molecule has 3 aromatic rings. The van der Waals surface area contributed by atoms with E-state index in [2.05, 4.69) is 13.8 Å². The number of rotatable bonds is 10. The highest BCUT2D eigenvalue weighted by molar-refractivity contribution is 7.22. The number of nitrogens with zero attached hydrogens (tertiary/aromatic N) is 2. The number of hydrogen-bond donors (Lipinski definition) is 0. The summed E-state index contributed by atoms with van der Waals surface area (Å²) < 4.78 is 18.2. The molecule has 1 aliphatic heterocycles. The van der Waals surface area contributed by atoms with E-state index >= 15 is 0 Å². The number of unbranched alkanes of at least 4 members (excludes halogenated alkanes) is 2. The number of hydrogen-bond acceptors (Lipinski definition) is 6. The third-order valence-corrected chi connectivity index (χ3v) is 7.13. The summed E-state index contributed by atoms with van der Waals surface area (Å²) in [5, 5.41) is 0.665. The molecule has 7 heteroatoms. The maximum absolute atomic E-state index is 13.6. The molecule has 0 radical (unpaired) electrons. The number of carbonyl (C=O) groups excluding carboxylic acids is 1. The molecule has 1 aromatic heterocycles. The van der Waals surface area contributed by atoms with Crippen LogP contribution in [0.3, 0.4) is 0 Å². The van der Waals surface area contributed by atoms with Gasteiger partial charge in [-0.15, -0.1) is 0 Å². The molecule has 2 heterocycles. The van der Waals surface area contributed by atoms with Gasteiger partial charge in [-0.3, -0.25) is 9.69 Å². The van der Waals surface area contributed by atoms with E-state index in [1.807, 2.05) is 36.4 Å². The van der Waals surface area contributed by atoms with Gasteiger partial charge in [-0.05, 0) is 62.1 Å². The maximum Gasteiger partial charge on any atom is 0.260 e. The lowest BCUT2D eigenvalue weighted by Gasteiger charge is -2.23. The van der Waals surface area contributed by atoms with E-state index in [0.717, 1.165) is 60.2 Å². The number of aromatic nitrogens is 1. The number of amides is 1. The molecule has 4 rings (SSSR count). The summed E-state index contributed by atoms with van der Waals surface area (Å²) in [6.45, 7) is 6.14. The van der Waals surface area contributed by atoms with Gasteiger partial charge in [0, 0.05) is 12.2 Å². The topological polar surface area (TPSA) is 60.9 Å². The largest absolute Gasteiger partial charge is 0.494 e. The molecular formula is C26H32N2O4S. The van der Waals surface area contributed by atoms with Gasteiger partial charge in [-0.25, -0.2) is 4.98 Å². The minimum absolute atomic E-state index is 0.0186. The van der Waals surface area contributed by atoms with E-state index in [1.165, 1.54) is 11.3 Å². The van der Waals surface area contributed by atoms with E-state index < -0.39 is 0 Å². The average molecular weight is 469 g/mol. The van der Waals surface area contributed by atoms with Gasteiger partial charge < -0.3 is 14.2 Å². The Labute approximate surface area is 199 Å². The lowest BCUT2D eigenvalue weighted by Crippen LogP contribution is -2.37. The number of benzene rings is 2. The first kappa shape index (κ1) is 23.5. The Hall–Kier alpha value is -2.64. The second kappa shape index (κ2) is 11.0. The zero-order valence-corrected chi connectivity index (χ0v) is 20.5. The molecule has 176 valence electrons. The Bertz CT molecular complexity index is 1070. The number of carbonyl (C=O) groups is 1. The number of ether oxygens (including phenoxy) is 3. The van der Waals surface area contributed by atoms with Crippen molar-refractivity contribution in [3.8, 4) is 11.5 Å². The van der Waals surface area contributed by atoms with Gasteiger partial charge in [0.05, 0.1) is 31.1 Å². The van der Waals surface area contributed by atoms with E-state index in [0.29, 0.717) is 29.6 Å². The highest BCUT2D eigenvalue weighted by Crippen LogP contribution is 2.37. The Balaban J connectivity index is 1.60. The minimum atomic E-state index is -0.0845. The van der Waals surface area contributed by atoms with Crippen LogP contribution in [0, 0.1) is 6.92 Å². The molecule has 1 atom stereocenters. The molecule has 1 amide bonds. The van der Waals surface area contributed by atoms with Crippen molar-refractivity contribution in [3.05, 3.63) is 47.5 Å². The zero-order valence-electron chi connectivity index (χ0n) is 19.6. The second-order valence-corrected chi connectivity index (χ2v) is 9.37. The summed E-state index contributed by atoms with van der Waals surface area (Å²) in [7, 11) is 1.64. The first-order chi connectivity index (χ1) is 16.1. The van der Waals surface area contributed by atoms with Crippen molar-refractivity contribution in [2.24, 2.45) is 0 Å². The molecule has 0 aliphatic carbocycles. The van der Waals surface area contributed by atoms with Gasteiger partial charge in [-0.1, -0.05) is 37.2 Å². The van der Waals surface area contributed by atoms with Gasteiger partial charge in [0.1, 0.15) is 17.0 Å². The van der Waals surface area contributed by atoms with E-state index in [9.17, 15) is 4.79 Å². The standard InChI is InChI=1S/C26H32N2O4S/c1-4-5-6-15-31-20-12-10-19(11-13-20)25(29)28(17-21-8-7-16-32-21)26-27-23-22(30-3)14-9-18(2)24(23)33-26/h9-14,21H,4-8,15-17H2,1-3H3. The summed E-state index contributed by atoms with van der Waals surface area (Å²) in [6.07, 6.45) is 5.33. The lowest BCUT2D eigenvalue weighted by atomic mass is 10.1. The van der Waals surface area contributed by atoms with Crippen LogP contribution in [0.2, 0.25) is 0 Å². The monoisotopic (exact) mass is 468 g/mol. The number of methoxy groups -OCH3 is 1. The van der Waals surface area contributed by atoms with Gasteiger partial charge in [0.15, 0.2) is 5.13 Å². The molecule has 2 aromatic carbocycles. The normalized spacial score (nSPS) is 15.7. The fraction of sp³-hybridized carbons (Fsp3) is 0.462. The summed E-state index contributed by atoms with van der Waals surface area (Å²) in [5.74, 6) is 1.42. The van der Waals surface area contributed by atoms with Crippen molar-refractivity contribution in [3.63, 3.8) is 0 Å². The van der Waals surface area contributed by atoms with E-state index in [4.69, 9.17) is 19.2 Å². The zero-order chi connectivity index (χ0) is 23.2. The SMILES string of the molecule is CCCCCOc1ccc(C(=O)N(CC2CCCO2)c2nc3c(OC)ccc(C)c3s2)cc1. The molecule has 1 aliphatic rings. The molecule has 1 unspecified atom stereocenters. The van der Waals surface area contributed by atoms with Crippen LogP contribution >= 0.6 is 11.3 Å². The molecule has 6 nitrogen and oxygen atoms in total. The van der Waals surface area contributed by atoms with Crippen LogP contribution in [-0.4, -0.2) is 43.9 Å². The van der Waals surface area contributed by atoms with E-state index in [-0.39, 0.29) is 12.0 Å². The maximum atomic E-state index is 13.6. The average Bonchev–Trinajstić information content (AvgIpc) is 3.51. The van der Waals surface area contributed by atoms with Crippen molar-refractivity contribution < 1.29 is 19.0 Å². The molecule has 0 N–H and O–H groups in total. The van der Waals surface area contributed by atoms with Gasteiger partial charge in [0.2, 0.25) is 0 Å². The number of fused-ring (bicyclic) bond motifs is 1. The Morgan fingerprint density at radius 1 is 1.21 bits per heavy atom. The summed E-state index contributed by atoms with van der Waals surface area (Å²) >= 11 is 1.52. The molecule has 33 heavy (non-hydrogen) atoms. The molecule has 1 saturated heterocycles. The number of anilines is 1. The Morgan fingerprint density at radius 3 is 2.73 bits per heavy atom. The van der Waals surface area contributed by atoms with Gasteiger partial charge in [-0.2, -0.15) is 0 Å². The van der Waals surface area contributed by atoms with Crippen molar-refractivity contribution in [1.82, 2.24) is 4.98 Å². The number of aryl methyl sites for hydroxylation is 1. The fourth-order valence-electron chi connectivity index (χ4n) is 4.01. The van der Waals surface area contributed by atoms with Crippen molar-refractivity contribution >= 4 is 32.6 Å². The van der Waals surface area contributed by atoms with Crippen molar-refractivity contribution in [2.45, 2.75) is 52.1 Å². The highest BCUT2D eigenvalue weighted by Gasteiger charge is 2.28. The van der Waals surface area contributed by atoms with E-state index in [1.54, 1.807) is 12.0 Å². The van der Waals surface area contributed by atoms with Crippen molar-refractivity contribution in [2.75, 3.05) is 31.8 Å². The first-order valence-corrected chi connectivity index (χ1v) is 12.5. The smallest absolute Gasteiger partial charge is 0.260 e. The highest BCUT2D eigenvalue weighted by atomic mass is 32.1. The molecule has 0 saturated carbocycles. The molecule has 1 fully saturated rings.